The molecule has 170 valence electrons. The summed E-state index contributed by atoms with van der Waals surface area (Å²) in [5, 5.41) is 0.593. The van der Waals surface area contributed by atoms with Crippen molar-refractivity contribution in [3.8, 4) is 0 Å². The van der Waals surface area contributed by atoms with Gasteiger partial charge in [0.2, 0.25) is 0 Å². The van der Waals surface area contributed by atoms with Gasteiger partial charge in [0.15, 0.2) is 15.0 Å². The molecule has 0 saturated heterocycles. The summed E-state index contributed by atoms with van der Waals surface area (Å²) in [6.07, 6.45) is 0. The number of hydrogen-bond donors (Lipinski definition) is 0. The zero-order valence-electron chi connectivity index (χ0n) is 18.9. The fraction of sp³-hybridized carbons (Fsp3) is 0.231. The molecule has 1 amide bonds. The molecule has 0 N–H and O–H groups in total. The Bertz CT molecular complexity index is 1390. The minimum Gasteiger partial charge on any atom is -0.279 e. The molecule has 4 rings (SSSR count). The second kappa shape index (κ2) is 9.45. The fourth-order valence-electron chi connectivity index (χ4n) is 3.68. The molecule has 0 aliphatic carbocycles. The summed E-state index contributed by atoms with van der Waals surface area (Å²) >= 11 is 1.47. The highest BCUT2D eigenvalue weighted by Crippen LogP contribution is 2.35. The van der Waals surface area contributed by atoms with E-state index in [9.17, 15) is 13.2 Å². The largest absolute Gasteiger partial charge is 0.279 e. The first-order valence-corrected chi connectivity index (χ1v) is 13.3. The summed E-state index contributed by atoms with van der Waals surface area (Å²) < 4.78 is 25.8. The van der Waals surface area contributed by atoms with Crippen LogP contribution in [0.5, 0.6) is 0 Å². The third kappa shape index (κ3) is 4.84. The Hall–Kier alpha value is -3.03. The van der Waals surface area contributed by atoms with Gasteiger partial charge in [0.05, 0.1) is 27.4 Å². The van der Waals surface area contributed by atoms with Crippen LogP contribution in [0.25, 0.3) is 10.2 Å². The van der Waals surface area contributed by atoms with Crippen LogP contribution in [0.15, 0.2) is 77.7 Å². The molecule has 1 aromatic heterocycles. The lowest BCUT2D eigenvalue weighted by atomic mass is 10.0. The number of para-hydroxylation sites is 1. The van der Waals surface area contributed by atoms with Gasteiger partial charge >= 0.3 is 0 Å². The van der Waals surface area contributed by atoms with Crippen molar-refractivity contribution >= 4 is 42.4 Å². The van der Waals surface area contributed by atoms with Gasteiger partial charge in [-0.3, -0.25) is 9.69 Å². The van der Waals surface area contributed by atoms with Crippen molar-refractivity contribution in [2.75, 3.05) is 10.7 Å². The van der Waals surface area contributed by atoms with Crippen LogP contribution in [0.3, 0.4) is 0 Å². The summed E-state index contributed by atoms with van der Waals surface area (Å²) in [6.45, 7) is 6.18. The molecule has 33 heavy (non-hydrogen) atoms. The molecule has 5 nitrogen and oxygen atoms in total. The molecule has 0 unspecified atom stereocenters. The first kappa shape index (κ1) is 23.1. The van der Waals surface area contributed by atoms with Crippen LogP contribution in [-0.4, -0.2) is 25.1 Å². The number of hydrogen-bond acceptors (Lipinski definition) is 5. The summed E-state index contributed by atoms with van der Waals surface area (Å²) in [7, 11) is -3.42. The van der Waals surface area contributed by atoms with Gasteiger partial charge in [-0.05, 0) is 41.3 Å². The van der Waals surface area contributed by atoms with Crippen LogP contribution in [0, 0.1) is 0 Å². The Kier molecular flexibility index (Phi) is 6.63. The van der Waals surface area contributed by atoms with E-state index in [1.165, 1.54) is 23.5 Å². The lowest BCUT2D eigenvalue weighted by Crippen LogP contribution is -2.30. The van der Waals surface area contributed by atoms with Gasteiger partial charge in [0.1, 0.15) is 0 Å². The van der Waals surface area contributed by atoms with Crippen molar-refractivity contribution in [2.24, 2.45) is 0 Å². The molecular formula is C26H26N2O3S2. The highest BCUT2D eigenvalue weighted by atomic mass is 32.2. The molecule has 0 spiro atoms. The zero-order chi connectivity index (χ0) is 23.6. The number of rotatable bonds is 7. The second-order valence-corrected chi connectivity index (χ2v) is 11.4. The van der Waals surface area contributed by atoms with E-state index in [0.717, 1.165) is 21.3 Å². The van der Waals surface area contributed by atoms with Gasteiger partial charge < -0.3 is 0 Å². The highest BCUT2D eigenvalue weighted by molar-refractivity contribution is 7.91. The normalized spacial score (nSPS) is 11.8. The van der Waals surface area contributed by atoms with E-state index >= 15 is 0 Å². The van der Waals surface area contributed by atoms with Crippen molar-refractivity contribution in [2.45, 2.75) is 38.1 Å². The minimum absolute atomic E-state index is 0.0196. The molecule has 0 aliphatic heterocycles. The molecule has 0 bridgehead atoms. The highest BCUT2D eigenvalue weighted by Gasteiger charge is 2.24. The standard InChI is InChI=1S/C26H26N2O3S2/c1-4-33(30,31)21-13-8-12-20(16-21)25(29)28(17-19-10-6-5-7-11-19)26-27-24-22(18(2)3)14-9-15-23(24)32-26/h5-16,18H,4,17H2,1-3H3. The second-order valence-electron chi connectivity index (χ2n) is 8.15. The van der Waals surface area contributed by atoms with Gasteiger partial charge in [0.25, 0.3) is 5.91 Å². The van der Waals surface area contributed by atoms with E-state index in [1.807, 2.05) is 42.5 Å². The number of carbonyl (C=O) groups excluding carboxylic acids is 1. The first-order valence-electron chi connectivity index (χ1n) is 10.9. The molecule has 0 atom stereocenters. The van der Waals surface area contributed by atoms with Crippen LogP contribution in [0.2, 0.25) is 0 Å². The minimum atomic E-state index is -3.42. The van der Waals surface area contributed by atoms with Crippen molar-refractivity contribution in [1.29, 1.82) is 0 Å². The van der Waals surface area contributed by atoms with E-state index in [2.05, 4.69) is 19.9 Å². The number of thiazole rings is 1. The molecular weight excluding hydrogens is 452 g/mol. The molecule has 0 fully saturated rings. The maximum atomic E-state index is 13.7. The Balaban J connectivity index is 1.81. The molecule has 0 saturated carbocycles. The Morgan fingerprint density at radius 2 is 1.73 bits per heavy atom. The van der Waals surface area contributed by atoms with Gasteiger partial charge in [0, 0.05) is 5.56 Å². The van der Waals surface area contributed by atoms with Crippen LogP contribution < -0.4 is 4.90 Å². The molecule has 0 radical (unpaired) electrons. The van der Waals surface area contributed by atoms with Gasteiger partial charge in [-0.1, -0.05) is 80.6 Å². The Morgan fingerprint density at radius 3 is 2.42 bits per heavy atom. The number of carbonyl (C=O) groups is 1. The quantitative estimate of drug-likeness (QED) is 0.324. The smallest absolute Gasteiger partial charge is 0.260 e. The van der Waals surface area contributed by atoms with Crippen molar-refractivity contribution in [3.05, 3.63) is 89.5 Å². The average molecular weight is 479 g/mol. The summed E-state index contributed by atoms with van der Waals surface area (Å²) in [5.41, 5.74) is 3.33. The fourth-order valence-corrected chi connectivity index (χ4v) is 5.60. The predicted molar refractivity (Wildman–Crippen MR) is 135 cm³/mol. The number of nitrogens with zero attached hydrogens (tertiary/aromatic N) is 2. The lowest BCUT2D eigenvalue weighted by molar-refractivity contribution is 0.0985. The lowest BCUT2D eigenvalue weighted by Gasteiger charge is -2.20. The molecule has 4 aromatic rings. The van der Waals surface area contributed by atoms with Crippen LogP contribution in [0.1, 0.15) is 48.2 Å². The number of amides is 1. The van der Waals surface area contributed by atoms with E-state index in [-0.39, 0.29) is 16.6 Å². The third-order valence-corrected chi connectivity index (χ3v) is 8.32. The number of anilines is 1. The molecule has 3 aromatic carbocycles. The van der Waals surface area contributed by atoms with Gasteiger partial charge in [-0.2, -0.15) is 0 Å². The van der Waals surface area contributed by atoms with E-state index in [4.69, 9.17) is 4.98 Å². The number of fused-ring (bicyclic) bond motifs is 1. The third-order valence-electron chi connectivity index (χ3n) is 5.54. The predicted octanol–water partition coefficient (Wildman–Crippen LogP) is 6.06. The van der Waals surface area contributed by atoms with Gasteiger partial charge in [-0.25, -0.2) is 13.4 Å². The molecule has 7 heteroatoms. The van der Waals surface area contributed by atoms with Crippen LogP contribution in [0.4, 0.5) is 5.13 Å². The van der Waals surface area contributed by atoms with E-state index in [1.54, 1.807) is 24.0 Å². The summed E-state index contributed by atoms with van der Waals surface area (Å²) in [6, 6.07) is 22.1. The maximum Gasteiger partial charge on any atom is 0.260 e. The van der Waals surface area contributed by atoms with E-state index < -0.39 is 9.84 Å². The van der Waals surface area contributed by atoms with Crippen molar-refractivity contribution < 1.29 is 13.2 Å². The maximum absolute atomic E-state index is 13.7. The first-order chi connectivity index (χ1) is 15.8. The van der Waals surface area contributed by atoms with Crippen molar-refractivity contribution in [1.82, 2.24) is 4.98 Å². The summed E-state index contributed by atoms with van der Waals surface area (Å²) in [5.74, 6) is 0.00354. The zero-order valence-corrected chi connectivity index (χ0v) is 20.5. The summed E-state index contributed by atoms with van der Waals surface area (Å²) in [4.78, 5) is 20.4. The number of benzene rings is 3. The van der Waals surface area contributed by atoms with Gasteiger partial charge in [-0.15, -0.1) is 0 Å². The molecule has 0 aliphatic rings. The topological polar surface area (TPSA) is 67.3 Å². The SMILES string of the molecule is CCS(=O)(=O)c1cccc(C(=O)N(Cc2ccccc2)c2nc3c(C(C)C)cccc3s2)c1. The monoisotopic (exact) mass is 478 g/mol. The number of aromatic nitrogens is 1. The van der Waals surface area contributed by atoms with E-state index in [0.29, 0.717) is 23.2 Å². The van der Waals surface area contributed by atoms with Crippen molar-refractivity contribution in [3.63, 3.8) is 0 Å². The molecule has 1 heterocycles. The Morgan fingerprint density at radius 1 is 1.00 bits per heavy atom. The Labute approximate surface area is 198 Å². The number of sulfone groups is 1. The average Bonchev–Trinajstić information content (AvgIpc) is 3.26. The van der Waals surface area contributed by atoms with Crippen LogP contribution >= 0.6 is 11.3 Å². The van der Waals surface area contributed by atoms with Crippen LogP contribution in [-0.2, 0) is 16.4 Å².